The topological polar surface area (TPSA) is 95.5 Å². The van der Waals surface area contributed by atoms with Crippen LogP contribution in [0.25, 0.3) is 0 Å². The SMILES string of the molecule is Cc1cccc(S(=O)(=O)N[C@H](Cc2ccccc2)C(=O)NO)c1. The Balaban J connectivity index is 2.25. The Morgan fingerprint density at radius 2 is 1.83 bits per heavy atom. The molecule has 6 nitrogen and oxygen atoms in total. The van der Waals surface area contributed by atoms with Crippen LogP contribution >= 0.6 is 0 Å². The van der Waals surface area contributed by atoms with Crippen molar-refractivity contribution in [3.63, 3.8) is 0 Å². The van der Waals surface area contributed by atoms with Gasteiger partial charge >= 0.3 is 0 Å². The number of hydrogen-bond donors (Lipinski definition) is 3. The lowest BCUT2D eigenvalue weighted by atomic mass is 10.1. The molecule has 2 aromatic carbocycles. The molecule has 1 amide bonds. The average molecular weight is 334 g/mol. The molecule has 0 spiro atoms. The lowest BCUT2D eigenvalue weighted by Gasteiger charge is -2.17. The molecule has 0 aliphatic carbocycles. The molecule has 0 unspecified atom stereocenters. The van der Waals surface area contributed by atoms with E-state index in [0.717, 1.165) is 11.1 Å². The van der Waals surface area contributed by atoms with E-state index in [4.69, 9.17) is 5.21 Å². The molecule has 2 aromatic rings. The molecule has 1 atom stereocenters. The largest absolute Gasteiger partial charge is 0.289 e. The second-order valence-corrected chi connectivity index (χ2v) is 6.87. The normalized spacial score (nSPS) is 12.6. The minimum absolute atomic E-state index is 0.0706. The highest BCUT2D eigenvalue weighted by Gasteiger charge is 2.25. The van der Waals surface area contributed by atoms with E-state index < -0.39 is 22.0 Å². The fourth-order valence-electron chi connectivity index (χ4n) is 2.15. The summed E-state index contributed by atoms with van der Waals surface area (Å²) in [5.74, 6) is -0.815. The van der Waals surface area contributed by atoms with Crippen LogP contribution in [0.3, 0.4) is 0 Å². The summed E-state index contributed by atoms with van der Waals surface area (Å²) in [6.07, 6.45) is 0.123. The number of sulfonamides is 1. The molecular weight excluding hydrogens is 316 g/mol. The minimum atomic E-state index is -3.88. The van der Waals surface area contributed by atoms with Gasteiger partial charge in [0, 0.05) is 0 Å². The molecule has 0 aliphatic heterocycles. The van der Waals surface area contributed by atoms with E-state index in [1.165, 1.54) is 17.6 Å². The summed E-state index contributed by atoms with van der Waals surface area (Å²) in [5, 5.41) is 8.86. The van der Waals surface area contributed by atoms with Crippen LogP contribution < -0.4 is 10.2 Å². The van der Waals surface area contributed by atoms with Gasteiger partial charge in [0.25, 0.3) is 5.91 Å². The predicted molar refractivity (Wildman–Crippen MR) is 85.4 cm³/mol. The van der Waals surface area contributed by atoms with Gasteiger partial charge in [0.05, 0.1) is 4.90 Å². The number of nitrogens with one attached hydrogen (secondary N) is 2. The minimum Gasteiger partial charge on any atom is -0.289 e. The number of benzene rings is 2. The standard InChI is InChI=1S/C16H18N2O4S/c1-12-6-5-9-14(10-12)23(21,22)18-15(16(19)17-20)11-13-7-3-2-4-8-13/h2-10,15,18,20H,11H2,1H3,(H,17,19)/t15-/m1/s1. The number of hydrogen-bond acceptors (Lipinski definition) is 4. The maximum Gasteiger partial charge on any atom is 0.261 e. The van der Waals surface area contributed by atoms with Crippen LogP contribution in [0, 0.1) is 6.92 Å². The molecule has 23 heavy (non-hydrogen) atoms. The molecular formula is C16H18N2O4S. The van der Waals surface area contributed by atoms with Gasteiger partial charge in [-0.25, -0.2) is 13.9 Å². The van der Waals surface area contributed by atoms with Crippen LogP contribution in [0.1, 0.15) is 11.1 Å². The van der Waals surface area contributed by atoms with Crippen molar-refractivity contribution in [1.29, 1.82) is 0 Å². The van der Waals surface area contributed by atoms with Gasteiger partial charge in [-0.15, -0.1) is 0 Å². The van der Waals surface area contributed by atoms with Gasteiger partial charge in [0.2, 0.25) is 10.0 Å². The monoisotopic (exact) mass is 334 g/mol. The van der Waals surface area contributed by atoms with Gasteiger partial charge in [0.1, 0.15) is 6.04 Å². The van der Waals surface area contributed by atoms with Crippen molar-refractivity contribution in [2.75, 3.05) is 0 Å². The zero-order valence-corrected chi connectivity index (χ0v) is 13.4. The van der Waals surface area contributed by atoms with Crippen molar-refractivity contribution >= 4 is 15.9 Å². The van der Waals surface area contributed by atoms with Crippen molar-refractivity contribution < 1.29 is 18.4 Å². The van der Waals surface area contributed by atoms with Gasteiger partial charge in [-0.1, -0.05) is 42.5 Å². The summed E-state index contributed by atoms with van der Waals surface area (Å²) < 4.78 is 27.2. The first-order chi connectivity index (χ1) is 10.9. The molecule has 0 bridgehead atoms. The summed E-state index contributed by atoms with van der Waals surface area (Å²) >= 11 is 0. The molecule has 3 N–H and O–H groups in total. The Kier molecular flexibility index (Phi) is 5.49. The molecule has 0 heterocycles. The molecule has 0 saturated carbocycles. The van der Waals surface area contributed by atoms with Crippen molar-refractivity contribution in [1.82, 2.24) is 10.2 Å². The predicted octanol–water partition coefficient (Wildman–Crippen LogP) is 1.39. The summed E-state index contributed by atoms with van der Waals surface area (Å²) in [5.41, 5.74) is 3.07. The molecule has 0 aliphatic rings. The molecule has 7 heteroatoms. The van der Waals surface area contributed by atoms with Crippen LogP contribution in [0.15, 0.2) is 59.5 Å². The number of aryl methyl sites for hydroxylation is 1. The van der Waals surface area contributed by atoms with E-state index in [9.17, 15) is 13.2 Å². The first-order valence-electron chi connectivity index (χ1n) is 6.99. The van der Waals surface area contributed by atoms with Crippen LogP contribution in [-0.2, 0) is 21.2 Å². The smallest absolute Gasteiger partial charge is 0.261 e. The van der Waals surface area contributed by atoms with Gasteiger partial charge in [0.15, 0.2) is 0 Å². The van der Waals surface area contributed by atoms with Crippen LogP contribution in [0.4, 0.5) is 0 Å². The number of hydroxylamine groups is 1. The number of amides is 1. The van der Waals surface area contributed by atoms with Gasteiger partial charge in [-0.3, -0.25) is 10.0 Å². The number of rotatable bonds is 6. The van der Waals surface area contributed by atoms with E-state index in [0.29, 0.717) is 0 Å². The highest BCUT2D eigenvalue weighted by atomic mass is 32.2. The third kappa shape index (κ3) is 4.62. The van der Waals surface area contributed by atoms with Crippen molar-refractivity contribution in [2.24, 2.45) is 0 Å². The lowest BCUT2D eigenvalue weighted by Crippen LogP contribution is -2.47. The fraction of sp³-hybridized carbons (Fsp3) is 0.188. The highest BCUT2D eigenvalue weighted by Crippen LogP contribution is 2.13. The summed E-state index contributed by atoms with van der Waals surface area (Å²) in [4.78, 5) is 11.9. The summed E-state index contributed by atoms with van der Waals surface area (Å²) in [7, 11) is -3.88. The number of carbonyl (C=O) groups excluding carboxylic acids is 1. The average Bonchev–Trinajstić information content (AvgIpc) is 2.54. The molecule has 0 radical (unpaired) electrons. The van der Waals surface area contributed by atoms with Gasteiger partial charge in [-0.2, -0.15) is 4.72 Å². The third-order valence-corrected chi connectivity index (χ3v) is 4.78. The Morgan fingerprint density at radius 3 is 2.43 bits per heavy atom. The number of carbonyl (C=O) groups is 1. The highest BCUT2D eigenvalue weighted by molar-refractivity contribution is 7.89. The van der Waals surface area contributed by atoms with Crippen LogP contribution in [0.2, 0.25) is 0 Å². The van der Waals surface area contributed by atoms with Gasteiger partial charge < -0.3 is 0 Å². The quantitative estimate of drug-likeness (QED) is 0.549. The molecule has 122 valence electrons. The zero-order valence-electron chi connectivity index (χ0n) is 12.6. The zero-order chi connectivity index (χ0) is 16.9. The van der Waals surface area contributed by atoms with Crippen molar-refractivity contribution in [3.8, 4) is 0 Å². The van der Waals surface area contributed by atoms with Crippen LogP contribution in [0.5, 0.6) is 0 Å². The fourth-order valence-corrected chi connectivity index (χ4v) is 3.45. The van der Waals surface area contributed by atoms with E-state index in [1.807, 2.05) is 6.07 Å². The van der Waals surface area contributed by atoms with Crippen LogP contribution in [-0.4, -0.2) is 25.6 Å². The summed E-state index contributed by atoms with van der Waals surface area (Å²) in [6, 6.07) is 14.2. The van der Waals surface area contributed by atoms with Gasteiger partial charge in [-0.05, 0) is 36.6 Å². The Hall–Kier alpha value is -2.22. The second kappa shape index (κ2) is 7.36. The maximum absolute atomic E-state index is 12.4. The first-order valence-corrected chi connectivity index (χ1v) is 8.47. The second-order valence-electron chi connectivity index (χ2n) is 5.16. The van der Waals surface area contributed by atoms with E-state index in [2.05, 4.69) is 4.72 Å². The molecule has 2 rings (SSSR count). The third-order valence-electron chi connectivity index (χ3n) is 3.31. The van der Waals surface area contributed by atoms with E-state index in [-0.39, 0.29) is 11.3 Å². The van der Waals surface area contributed by atoms with Crippen molar-refractivity contribution in [2.45, 2.75) is 24.3 Å². The maximum atomic E-state index is 12.4. The Bertz CT molecular complexity index is 776. The first kappa shape index (κ1) is 17.1. The molecule has 0 saturated heterocycles. The van der Waals surface area contributed by atoms with E-state index in [1.54, 1.807) is 43.3 Å². The van der Waals surface area contributed by atoms with Crippen molar-refractivity contribution in [3.05, 3.63) is 65.7 Å². The summed E-state index contributed by atoms with van der Waals surface area (Å²) in [6.45, 7) is 1.78. The lowest BCUT2D eigenvalue weighted by molar-refractivity contribution is -0.130. The molecule has 0 aromatic heterocycles. The van der Waals surface area contributed by atoms with E-state index >= 15 is 0 Å². The Labute approximate surface area is 135 Å². The Morgan fingerprint density at radius 1 is 1.13 bits per heavy atom. The molecule has 0 fully saturated rings.